The summed E-state index contributed by atoms with van der Waals surface area (Å²) >= 11 is 0. The maximum absolute atomic E-state index is 13.2. The molecule has 0 unspecified atom stereocenters. The molecule has 1 amide bonds. The summed E-state index contributed by atoms with van der Waals surface area (Å²) in [6, 6.07) is 8.84. The van der Waals surface area contributed by atoms with Crippen molar-refractivity contribution >= 4 is 27.3 Å². The number of nitrogens with zero attached hydrogens (tertiary/aromatic N) is 1. The van der Waals surface area contributed by atoms with Gasteiger partial charge in [0.05, 0.1) is 18.5 Å². The zero-order valence-electron chi connectivity index (χ0n) is 13.4. The summed E-state index contributed by atoms with van der Waals surface area (Å²) in [6.07, 6.45) is 2.52. The van der Waals surface area contributed by atoms with E-state index in [1.807, 2.05) is 0 Å². The number of halogens is 2. The first-order valence-electron chi connectivity index (χ1n) is 7.17. The average molecular weight is 366 g/mol. The van der Waals surface area contributed by atoms with Crippen molar-refractivity contribution in [1.82, 2.24) is 0 Å². The molecule has 0 heterocycles. The molecule has 2 aromatic carbocycles. The van der Waals surface area contributed by atoms with Gasteiger partial charge in [0.2, 0.25) is 10.0 Å². The number of carbonyl (C=O) groups excluding carboxylic acids is 1. The molecule has 0 aliphatic rings. The molecule has 0 aromatic heterocycles. The molecule has 0 spiro atoms. The van der Waals surface area contributed by atoms with Crippen molar-refractivity contribution in [2.75, 3.05) is 22.4 Å². The maximum Gasteiger partial charge on any atom is 0.255 e. The second-order valence-corrected chi connectivity index (χ2v) is 7.12. The van der Waals surface area contributed by atoms with Gasteiger partial charge in [-0.15, -0.1) is 6.58 Å². The maximum atomic E-state index is 13.2. The van der Waals surface area contributed by atoms with Crippen LogP contribution in [0.5, 0.6) is 0 Å². The van der Waals surface area contributed by atoms with Crippen molar-refractivity contribution in [2.24, 2.45) is 0 Å². The lowest BCUT2D eigenvalue weighted by Gasteiger charge is -2.20. The van der Waals surface area contributed by atoms with Gasteiger partial charge >= 0.3 is 0 Å². The second kappa shape index (κ2) is 7.43. The van der Waals surface area contributed by atoms with Crippen LogP contribution < -0.4 is 9.62 Å². The molecule has 0 aliphatic carbocycles. The highest BCUT2D eigenvalue weighted by Gasteiger charge is 2.16. The van der Waals surface area contributed by atoms with Crippen LogP contribution in [0.15, 0.2) is 55.1 Å². The Labute approximate surface area is 144 Å². The molecule has 132 valence electrons. The summed E-state index contributed by atoms with van der Waals surface area (Å²) < 4.78 is 50.7. The van der Waals surface area contributed by atoms with Crippen LogP contribution in [-0.2, 0) is 10.0 Å². The molecular formula is C17H16F2N2O3S. The van der Waals surface area contributed by atoms with Gasteiger partial charge in [-0.25, -0.2) is 17.2 Å². The zero-order chi connectivity index (χ0) is 18.6. The molecule has 0 fully saturated rings. The Bertz CT molecular complexity index is 897. The second-order valence-electron chi connectivity index (χ2n) is 5.21. The predicted molar refractivity (Wildman–Crippen MR) is 93.1 cm³/mol. The quantitative estimate of drug-likeness (QED) is 0.799. The molecule has 0 radical (unpaired) electrons. The van der Waals surface area contributed by atoms with Crippen LogP contribution in [0, 0.1) is 11.6 Å². The SMILES string of the molecule is C=CCN(c1ccc(C(=O)Nc2ccc(F)c(F)c2)cc1)S(C)(=O)=O. The third-order valence-electron chi connectivity index (χ3n) is 3.29. The fourth-order valence-corrected chi connectivity index (χ4v) is 2.99. The molecule has 0 atom stereocenters. The molecular weight excluding hydrogens is 350 g/mol. The molecule has 8 heteroatoms. The number of amides is 1. The number of sulfonamides is 1. The number of hydrogen-bond donors (Lipinski definition) is 1. The first kappa shape index (κ1) is 18.6. The van der Waals surface area contributed by atoms with Crippen LogP contribution in [0.25, 0.3) is 0 Å². The molecule has 2 aromatic rings. The Kier molecular flexibility index (Phi) is 5.53. The first-order valence-corrected chi connectivity index (χ1v) is 9.02. The molecule has 0 saturated carbocycles. The van der Waals surface area contributed by atoms with Gasteiger partial charge < -0.3 is 5.32 Å². The number of anilines is 2. The average Bonchev–Trinajstić information content (AvgIpc) is 2.55. The van der Waals surface area contributed by atoms with Gasteiger partial charge in [0.25, 0.3) is 5.91 Å². The van der Waals surface area contributed by atoms with Gasteiger partial charge in [0.1, 0.15) is 0 Å². The van der Waals surface area contributed by atoms with E-state index in [0.717, 1.165) is 22.7 Å². The lowest BCUT2D eigenvalue weighted by Crippen LogP contribution is -2.29. The van der Waals surface area contributed by atoms with Crippen LogP contribution in [0.1, 0.15) is 10.4 Å². The standard InChI is InChI=1S/C17H16F2N2O3S/c1-3-10-21(25(2,23)24)14-7-4-12(5-8-14)17(22)20-13-6-9-15(18)16(19)11-13/h3-9,11H,1,10H2,2H3,(H,20,22). The fraction of sp³-hybridized carbons (Fsp3) is 0.118. The van der Waals surface area contributed by atoms with E-state index in [-0.39, 0.29) is 17.8 Å². The van der Waals surface area contributed by atoms with E-state index in [1.54, 1.807) is 0 Å². The van der Waals surface area contributed by atoms with Crippen LogP contribution in [0.4, 0.5) is 20.2 Å². The lowest BCUT2D eigenvalue weighted by molar-refractivity contribution is 0.102. The van der Waals surface area contributed by atoms with Gasteiger partial charge in [0.15, 0.2) is 11.6 Å². The van der Waals surface area contributed by atoms with Crippen molar-refractivity contribution in [3.05, 3.63) is 72.3 Å². The summed E-state index contributed by atoms with van der Waals surface area (Å²) in [4.78, 5) is 12.1. The van der Waals surface area contributed by atoms with E-state index < -0.39 is 27.6 Å². The minimum absolute atomic E-state index is 0.0965. The van der Waals surface area contributed by atoms with Crippen molar-refractivity contribution in [3.8, 4) is 0 Å². The highest BCUT2D eigenvalue weighted by molar-refractivity contribution is 7.92. The van der Waals surface area contributed by atoms with Crippen molar-refractivity contribution in [2.45, 2.75) is 0 Å². The molecule has 0 aliphatic heterocycles. The summed E-state index contributed by atoms with van der Waals surface area (Å²) in [6.45, 7) is 3.61. The van der Waals surface area contributed by atoms with Crippen LogP contribution in [0.3, 0.4) is 0 Å². The van der Waals surface area contributed by atoms with Gasteiger partial charge in [-0.1, -0.05) is 6.08 Å². The van der Waals surface area contributed by atoms with Gasteiger partial charge in [-0.05, 0) is 36.4 Å². The van der Waals surface area contributed by atoms with E-state index in [2.05, 4.69) is 11.9 Å². The number of nitrogens with one attached hydrogen (secondary N) is 1. The van der Waals surface area contributed by atoms with E-state index in [0.29, 0.717) is 5.69 Å². The molecule has 25 heavy (non-hydrogen) atoms. The first-order chi connectivity index (χ1) is 11.7. The van der Waals surface area contributed by atoms with Crippen molar-refractivity contribution in [3.63, 3.8) is 0 Å². The van der Waals surface area contributed by atoms with E-state index in [1.165, 1.54) is 36.4 Å². The Hall–Kier alpha value is -2.74. The van der Waals surface area contributed by atoms with Crippen molar-refractivity contribution in [1.29, 1.82) is 0 Å². The topological polar surface area (TPSA) is 66.5 Å². The number of carbonyl (C=O) groups is 1. The lowest BCUT2D eigenvalue weighted by atomic mass is 10.2. The van der Waals surface area contributed by atoms with Crippen LogP contribution in [-0.4, -0.2) is 27.1 Å². The molecule has 2 rings (SSSR count). The number of rotatable bonds is 6. The summed E-state index contributed by atoms with van der Waals surface area (Å²) in [7, 11) is -3.49. The van der Waals surface area contributed by atoms with E-state index in [4.69, 9.17) is 0 Å². The normalized spacial score (nSPS) is 11.0. The van der Waals surface area contributed by atoms with E-state index >= 15 is 0 Å². The van der Waals surface area contributed by atoms with Crippen molar-refractivity contribution < 1.29 is 22.0 Å². The van der Waals surface area contributed by atoms with Gasteiger partial charge in [0, 0.05) is 17.3 Å². The summed E-state index contributed by atoms with van der Waals surface area (Å²) in [5.41, 5.74) is 0.727. The van der Waals surface area contributed by atoms with E-state index in [9.17, 15) is 22.0 Å². The molecule has 0 bridgehead atoms. The summed E-state index contributed by atoms with van der Waals surface area (Å²) in [5, 5.41) is 2.44. The monoisotopic (exact) mass is 366 g/mol. The van der Waals surface area contributed by atoms with Gasteiger partial charge in [-0.3, -0.25) is 9.10 Å². The number of benzene rings is 2. The largest absolute Gasteiger partial charge is 0.322 e. The highest BCUT2D eigenvalue weighted by Crippen LogP contribution is 2.19. The Balaban J connectivity index is 2.19. The molecule has 0 saturated heterocycles. The molecule has 1 N–H and O–H groups in total. The minimum Gasteiger partial charge on any atom is -0.322 e. The third-order valence-corrected chi connectivity index (χ3v) is 4.45. The molecule has 5 nitrogen and oxygen atoms in total. The van der Waals surface area contributed by atoms with Crippen LogP contribution >= 0.6 is 0 Å². The predicted octanol–water partition coefficient (Wildman–Crippen LogP) is 3.17. The smallest absolute Gasteiger partial charge is 0.255 e. The fourth-order valence-electron chi connectivity index (χ4n) is 2.11. The van der Waals surface area contributed by atoms with Gasteiger partial charge in [-0.2, -0.15) is 0 Å². The van der Waals surface area contributed by atoms with Crippen LogP contribution in [0.2, 0.25) is 0 Å². The highest BCUT2D eigenvalue weighted by atomic mass is 32.2. The third kappa shape index (κ3) is 4.63. The Morgan fingerprint density at radius 2 is 1.80 bits per heavy atom. The Morgan fingerprint density at radius 3 is 2.32 bits per heavy atom. The zero-order valence-corrected chi connectivity index (χ0v) is 14.2. The minimum atomic E-state index is -3.49. The summed E-state index contributed by atoms with van der Waals surface area (Å²) in [5.74, 6) is -2.61. The Morgan fingerprint density at radius 1 is 1.16 bits per heavy atom. The number of hydrogen-bond acceptors (Lipinski definition) is 3.